The number of hydrogen-bond donors (Lipinski definition) is 1. The lowest BCUT2D eigenvalue weighted by Gasteiger charge is -2.56. The Bertz CT molecular complexity index is 3240. The molecule has 2 bridgehead atoms. The number of nitrogens with one attached hydrogen (secondary N) is 1. The zero-order valence-corrected chi connectivity index (χ0v) is 39.1. The number of aryl methyl sites for hydroxylation is 1. The number of fused-ring (bicyclic) bond motifs is 4. The van der Waals surface area contributed by atoms with Crippen molar-refractivity contribution in [2.75, 3.05) is 49.6 Å². The van der Waals surface area contributed by atoms with Gasteiger partial charge in [-0.2, -0.15) is 20.6 Å². The van der Waals surface area contributed by atoms with Gasteiger partial charge in [-0.05, 0) is 80.5 Å². The number of urea groups is 1. The van der Waals surface area contributed by atoms with Crippen LogP contribution >= 0.6 is 0 Å². The second-order valence-electron chi connectivity index (χ2n) is 19.5. The van der Waals surface area contributed by atoms with E-state index in [1.54, 1.807) is 37.3 Å². The van der Waals surface area contributed by atoms with Crippen LogP contribution in [0.3, 0.4) is 0 Å². The average Bonchev–Trinajstić information content (AvgIpc) is 4.13. The molecule has 0 spiro atoms. The van der Waals surface area contributed by atoms with Crippen molar-refractivity contribution in [2.24, 2.45) is 7.05 Å². The number of benzene rings is 1. The summed E-state index contributed by atoms with van der Waals surface area (Å²) in [5, 5.41) is 26.3. The fourth-order valence-corrected chi connectivity index (χ4v) is 11.6. The molecule has 5 saturated heterocycles. The van der Waals surface area contributed by atoms with E-state index in [1.165, 1.54) is 21.7 Å². The van der Waals surface area contributed by atoms with Crippen molar-refractivity contribution in [1.29, 1.82) is 5.26 Å². The number of nitriles is 1. The molecule has 6 fully saturated rings. The SMILES string of the molecule is COc1ccc(CN2C3CC2CN(c2ccc(-c4nc(-c5cnn(C6CCC(N7CCC(c8cc9c(cc8F)c(N8CCC(=O)NC8=O)nn9C)C(F)(F)C7)CC6)c5)cn5ncc(C#N)c45)cn2)C3)cn1. The molecule has 6 aromatic heterocycles. The van der Waals surface area contributed by atoms with Gasteiger partial charge >= 0.3 is 6.03 Å². The molecule has 0 radical (unpaired) electrons. The summed E-state index contributed by atoms with van der Waals surface area (Å²) in [6.07, 6.45) is 15.0. The van der Waals surface area contributed by atoms with E-state index in [0.717, 1.165) is 61.4 Å². The number of halogens is 3. The Morgan fingerprint density at radius 1 is 0.901 bits per heavy atom. The number of methoxy groups -OCH3 is 1. The summed E-state index contributed by atoms with van der Waals surface area (Å²) in [7, 11) is 3.24. The molecular formula is C50H50F3N15O3. The van der Waals surface area contributed by atoms with Crippen molar-refractivity contribution >= 4 is 40.0 Å². The second-order valence-corrected chi connectivity index (χ2v) is 19.5. The van der Waals surface area contributed by atoms with Gasteiger partial charge in [-0.3, -0.25) is 34.2 Å². The molecule has 71 heavy (non-hydrogen) atoms. The van der Waals surface area contributed by atoms with Gasteiger partial charge in [-0.1, -0.05) is 6.07 Å². The Balaban J connectivity index is 0.699. The minimum Gasteiger partial charge on any atom is -0.481 e. The topological polar surface area (TPSA) is 184 Å². The number of pyridine rings is 2. The van der Waals surface area contributed by atoms with Crippen molar-refractivity contribution < 1.29 is 27.5 Å². The predicted molar refractivity (Wildman–Crippen MR) is 254 cm³/mol. The standard InChI is InChI=1S/C50H50F3N15O3/c1-62-42-17-37(40(51)16-38(42)48(61-62)65-14-12-44(69)60-49(65)70)39-11-13-63(28-50(39,52)53)33-5-7-34(8-6-33)67-24-32(22-57-67)41-27-68-47(31(18-54)21-58-68)46(59-41)30-4-9-43(55-20-30)64-25-35-15-36(26-64)66(35)23-29-3-10-45(71-2)56-19-29/h3-4,9-10,16-17,19-22,24,27,33-36,39H,5-8,11-15,23,25-26,28H2,1-2H3,(H,60,69,70). The Morgan fingerprint density at radius 3 is 2.44 bits per heavy atom. The fourth-order valence-electron chi connectivity index (χ4n) is 11.6. The first-order chi connectivity index (χ1) is 34.4. The highest BCUT2D eigenvalue weighted by Gasteiger charge is 2.49. The quantitative estimate of drug-likeness (QED) is 0.158. The largest absolute Gasteiger partial charge is 0.481 e. The number of nitrogens with zero attached hydrogens (tertiary/aromatic N) is 14. The van der Waals surface area contributed by atoms with Crippen molar-refractivity contribution in [3.8, 4) is 34.5 Å². The van der Waals surface area contributed by atoms with Crippen LogP contribution in [0.25, 0.3) is 38.9 Å². The fraction of sp³-hybridized carbons (Fsp3) is 0.420. The van der Waals surface area contributed by atoms with Crippen molar-refractivity contribution in [1.82, 2.24) is 59.2 Å². The van der Waals surface area contributed by atoms with Crippen molar-refractivity contribution in [2.45, 2.75) is 87.5 Å². The van der Waals surface area contributed by atoms with Gasteiger partial charge in [-0.25, -0.2) is 37.4 Å². The van der Waals surface area contributed by atoms with Gasteiger partial charge in [0.1, 0.15) is 28.8 Å². The third-order valence-corrected chi connectivity index (χ3v) is 15.4. The van der Waals surface area contributed by atoms with Crippen LogP contribution < -0.4 is 19.9 Å². The lowest BCUT2D eigenvalue weighted by molar-refractivity contribution is -0.120. The highest BCUT2D eigenvalue weighted by Crippen LogP contribution is 2.45. The Morgan fingerprint density at radius 2 is 1.72 bits per heavy atom. The lowest BCUT2D eigenvalue weighted by Crippen LogP contribution is -2.68. The molecule has 1 aliphatic carbocycles. The number of piperazine rings is 1. The van der Waals surface area contributed by atoms with E-state index in [9.17, 15) is 14.9 Å². The van der Waals surface area contributed by atoms with Crippen LogP contribution in [0, 0.1) is 17.1 Å². The third-order valence-electron chi connectivity index (χ3n) is 15.4. The molecular weight excluding hydrogens is 916 g/mol. The molecule has 5 aliphatic heterocycles. The monoisotopic (exact) mass is 965 g/mol. The smallest absolute Gasteiger partial charge is 0.329 e. The van der Waals surface area contributed by atoms with Gasteiger partial charge in [-0.15, -0.1) is 0 Å². The number of aromatic nitrogens is 9. The van der Waals surface area contributed by atoms with Crippen LogP contribution in [0.4, 0.5) is 29.6 Å². The summed E-state index contributed by atoms with van der Waals surface area (Å²) in [5.74, 6) is -4.04. The maximum absolute atomic E-state index is 16.2. The Kier molecular flexibility index (Phi) is 11.0. The number of amides is 3. The number of hydrogen-bond acceptors (Lipinski definition) is 13. The number of ether oxygens (including phenoxy) is 1. The van der Waals surface area contributed by atoms with E-state index < -0.39 is 36.1 Å². The van der Waals surface area contributed by atoms with E-state index in [2.05, 4.69) is 42.4 Å². The first kappa shape index (κ1) is 44.7. The predicted octanol–water partition coefficient (Wildman–Crippen LogP) is 6.47. The Hall–Kier alpha value is -7.44. The van der Waals surface area contributed by atoms with E-state index in [0.29, 0.717) is 70.7 Å². The van der Waals surface area contributed by atoms with E-state index in [-0.39, 0.29) is 42.9 Å². The molecule has 1 aromatic carbocycles. The molecule has 364 valence electrons. The number of alkyl halides is 2. The van der Waals surface area contributed by atoms with Crippen molar-refractivity contribution in [3.63, 3.8) is 0 Å². The minimum absolute atomic E-state index is 0.0541. The maximum Gasteiger partial charge on any atom is 0.329 e. The maximum atomic E-state index is 16.2. The van der Waals surface area contributed by atoms with Gasteiger partial charge in [0.2, 0.25) is 11.8 Å². The summed E-state index contributed by atoms with van der Waals surface area (Å²) < 4.78 is 58.6. The number of carbonyl (C=O) groups excluding carboxylic acids is 2. The molecule has 11 heterocycles. The van der Waals surface area contributed by atoms with Gasteiger partial charge in [0.05, 0.1) is 61.1 Å². The van der Waals surface area contributed by atoms with Gasteiger partial charge in [0.15, 0.2) is 5.82 Å². The molecule has 21 heteroatoms. The number of anilines is 2. The van der Waals surface area contributed by atoms with Crippen molar-refractivity contribution in [3.05, 3.63) is 96.1 Å². The summed E-state index contributed by atoms with van der Waals surface area (Å²) >= 11 is 0. The number of likely N-dealkylation sites (tertiary alicyclic amines) is 1. The summed E-state index contributed by atoms with van der Waals surface area (Å²) in [6.45, 7) is 2.59. The molecule has 1 N–H and O–H groups in total. The van der Waals surface area contributed by atoms with E-state index in [4.69, 9.17) is 19.8 Å². The molecule has 6 aliphatic rings. The number of piperidine rings is 2. The summed E-state index contributed by atoms with van der Waals surface area (Å²) in [4.78, 5) is 46.7. The molecule has 18 nitrogen and oxygen atoms in total. The summed E-state index contributed by atoms with van der Waals surface area (Å²) in [5.41, 5.74) is 5.25. The number of carbonyl (C=O) groups is 2. The van der Waals surface area contributed by atoms with Crippen LogP contribution in [0.5, 0.6) is 5.88 Å². The molecule has 1 saturated carbocycles. The number of imide groups is 1. The highest BCUT2D eigenvalue weighted by atomic mass is 19.3. The molecule has 3 atom stereocenters. The molecule has 3 amide bonds. The highest BCUT2D eigenvalue weighted by molar-refractivity contribution is 6.09. The molecule has 7 aromatic rings. The van der Waals surface area contributed by atoms with Crippen LogP contribution in [0.2, 0.25) is 0 Å². The van der Waals surface area contributed by atoms with Crippen LogP contribution in [0.15, 0.2) is 73.6 Å². The summed E-state index contributed by atoms with van der Waals surface area (Å²) in [6, 6.07) is 13.1. The third kappa shape index (κ3) is 7.98. The Labute approximate surface area is 405 Å². The van der Waals surface area contributed by atoms with Crippen LogP contribution in [0.1, 0.15) is 73.6 Å². The zero-order chi connectivity index (χ0) is 48.7. The van der Waals surface area contributed by atoms with Gasteiger partial charge < -0.3 is 9.64 Å². The lowest BCUT2D eigenvalue weighted by atomic mass is 9.83. The van der Waals surface area contributed by atoms with Crippen LogP contribution in [-0.2, 0) is 18.4 Å². The normalized spacial score (nSPS) is 23.7. The van der Waals surface area contributed by atoms with Crippen LogP contribution in [-0.4, -0.2) is 130 Å². The van der Waals surface area contributed by atoms with Gasteiger partial charge in [0, 0.05) is 98.9 Å². The zero-order valence-electron chi connectivity index (χ0n) is 39.1. The van der Waals surface area contributed by atoms with Gasteiger partial charge in [0.25, 0.3) is 5.92 Å². The average molecular weight is 966 g/mol. The first-order valence-electron chi connectivity index (χ1n) is 24.1. The minimum atomic E-state index is -3.20. The molecule has 13 rings (SSSR count). The molecule has 3 unspecified atom stereocenters. The van der Waals surface area contributed by atoms with E-state index >= 15 is 13.2 Å². The van der Waals surface area contributed by atoms with E-state index in [1.807, 2.05) is 46.4 Å². The first-order valence-corrected chi connectivity index (χ1v) is 24.1. The number of rotatable bonds is 10. The second kappa shape index (κ2) is 17.4.